The zero-order valence-electron chi connectivity index (χ0n) is 8.16. The molecule has 0 unspecified atom stereocenters. The molecular weight excluding hydrogens is 186 g/mol. The second-order valence-electron chi connectivity index (χ2n) is 3.31. The number of nitrogens with two attached hydrogens (primary N) is 1. The van der Waals surface area contributed by atoms with E-state index < -0.39 is 5.91 Å². The van der Waals surface area contributed by atoms with Crippen LogP contribution in [0.5, 0.6) is 0 Å². The van der Waals surface area contributed by atoms with Crippen LogP contribution in [0.1, 0.15) is 0 Å². The van der Waals surface area contributed by atoms with Gasteiger partial charge in [-0.05, 0) is 0 Å². The fraction of sp³-hybridized carbons (Fsp3) is 0.750. The number of nitrogens with zero attached hydrogens (tertiary/aromatic N) is 1. The summed E-state index contributed by atoms with van der Waals surface area (Å²) in [5, 5.41) is 2.53. The van der Waals surface area contributed by atoms with Crippen LogP contribution in [0.25, 0.3) is 0 Å². The molecule has 6 heteroatoms. The van der Waals surface area contributed by atoms with Crippen LogP contribution in [0, 0.1) is 5.92 Å². The summed E-state index contributed by atoms with van der Waals surface area (Å²) in [4.78, 5) is 23.0. The number of likely N-dealkylation sites (tertiary alicyclic amines) is 1. The molecule has 0 bridgehead atoms. The molecular formula is C8H15N3O3. The van der Waals surface area contributed by atoms with Crippen molar-refractivity contribution in [1.29, 1.82) is 0 Å². The lowest BCUT2D eigenvalue weighted by Crippen LogP contribution is -2.54. The highest BCUT2D eigenvalue weighted by atomic mass is 16.5. The molecule has 0 aromatic carbocycles. The average Bonchev–Trinajstić information content (AvgIpc) is 2.07. The molecule has 0 aromatic heterocycles. The fourth-order valence-electron chi connectivity index (χ4n) is 1.33. The molecule has 0 radical (unpaired) electrons. The highest BCUT2D eigenvalue weighted by Gasteiger charge is 2.29. The van der Waals surface area contributed by atoms with Crippen molar-refractivity contribution in [3.8, 4) is 0 Å². The van der Waals surface area contributed by atoms with E-state index in [2.05, 4.69) is 5.32 Å². The Bertz CT molecular complexity index is 226. The second kappa shape index (κ2) is 4.80. The van der Waals surface area contributed by atoms with E-state index in [1.807, 2.05) is 0 Å². The van der Waals surface area contributed by atoms with Gasteiger partial charge in [0.1, 0.15) is 6.61 Å². The van der Waals surface area contributed by atoms with E-state index in [-0.39, 0.29) is 12.6 Å². The van der Waals surface area contributed by atoms with Crippen LogP contribution in [0.15, 0.2) is 0 Å². The lowest BCUT2D eigenvalue weighted by molar-refractivity contribution is -0.123. The lowest BCUT2D eigenvalue weighted by atomic mass is 10.0. The van der Waals surface area contributed by atoms with Crippen molar-refractivity contribution in [2.45, 2.75) is 0 Å². The number of carbonyl (C=O) groups excluding carboxylic acids is 2. The molecule has 1 rings (SSSR count). The predicted molar refractivity (Wildman–Crippen MR) is 49.5 cm³/mol. The molecule has 1 aliphatic rings. The molecule has 3 amide bonds. The van der Waals surface area contributed by atoms with Gasteiger partial charge in [0.05, 0.1) is 6.61 Å². The molecule has 6 nitrogen and oxygen atoms in total. The Hall–Kier alpha value is -1.30. The third kappa shape index (κ3) is 2.88. The molecule has 0 aliphatic carbocycles. The monoisotopic (exact) mass is 201 g/mol. The Morgan fingerprint density at radius 3 is 2.71 bits per heavy atom. The van der Waals surface area contributed by atoms with Gasteiger partial charge in [0, 0.05) is 26.1 Å². The summed E-state index contributed by atoms with van der Waals surface area (Å²) in [6.45, 7) is 1.80. The van der Waals surface area contributed by atoms with Gasteiger partial charge in [0.2, 0.25) is 5.91 Å². The molecule has 0 saturated carbocycles. The van der Waals surface area contributed by atoms with Crippen LogP contribution in [0.2, 0.25) is 0 Å². The summed E-state index contributed by atoms with van der Waals surface area (Å²) in [6.07, 6.45) is 0. The standard InChI is InChI=1S/C8H15N3O3/c1-10-8(13)11-2-6(3-11)4-14-5-7(9)12/h6H,2-5H2,1H3,(H2,9,12)(H,10,13). The predicted octanol–water partition coefficient (Wildman–Crippen LogP) is -1.24. The van der Waals surface area contributed by atoms with E-state index in [0.717, 1.165) is 0 Å². The van der Waals surface area contributed by atoms with Gasteiger partial charge in [-0.25, -0.2) is 4.79 Å². The summed E-state index contributed by atoms with van der Waals surface area (Å²) in [7, 11) is 1.60. The van der Waals surface area contributed by atoms with Gasteiger partial charge in [-0.15, -0.1) is 0 Å². The minimum absolute atomic E-state index is 0.0452. The van der Waals surface area contributed by atoms with Crippen molar-refractivity contribution < 1.29 is 14.3 Å². The topological polar surface area (TPSA) is 84.7 Å². The molecule has 1 fully saturated rings. The number of carbonyl (C=O) groups is 2. The van der Waals surface area contributed by atoms with Crippen LogP contribution in [0.4, 0.5) is 4.79 Å². The van der Waals surface area contributed by atoms with Gasteiger partial charge < -0.3 is 20.7 Å². The molecule has 3 N–H and O–H groups in total. The maximum atomic E-state index is 11.0. The largest absolute Gasteiger partial charge is 0.371 e. The van der Waals surface area contributed by atoms with Crippen LogP contribution in [-0.4, -0.2) is 50.2 Å². The lowest BCUT2D eigenvalue weighted by Gasteiger charge is -2.38. The van der Waals surface area contributed by atoms with E-state index in [1.54, 1.807) is 11.9 Å². The summed E-state index contributed by atoms with van der Waals surface area (Å²) < 4.78 is 5.03. The van der Waals surface area contributed by atoms with E-state index >= 15 is 0 Å². The van der Waals surface area contributed by atoms with E-state index in [4.69, 9.17) is 10.5 Å². The second-order valence-corrected chi connectivity index (χ2v) is 3.31. The van der Waals surface area contributed by atoms with E-state index in [1.165, 1.54) is 0 Å². The number of urea groups is 1. The number of ether oxygens (including phenoxy) is 1. The van der Waals surface area contributed by atoms with Gasteiger partial charge >= 0.3 is 6.03 Å². The number of hydrogen-bond acceptors (Lipinski definition) is 3. The van der Waals surface area contributed by atoms with Crippen molar-refractivity contribution in [2.24, 2.45) is 11.7 Å². The van der Waals surface area contributed by atoms with Crippen LogP contribution in [0.3, 0.4) is 0 Å². The first-order chi connectivity index (χ1) is 6.63. The quantitative estimate of drug-likeness (QED) is 0.596. The summed E-state index contributed by atoms with van der Waals surface area (Å²) >= 11 is 0. The van der Waals surface area contributed by atoms with Crippen molar-refractivity contribution in [3.05, 3.63) is 0 Å². The minimum Gasteiger partial charge on any atom is -0.371 e. The number of hydrogen-bond donors (Lipinski definition) is 2. The Balaban J connectivity index is 2.04. The SMILES string of the molecule is CNC(=O)N1CC(COCC(N)=O)C1. The zero-order valence-corrected chi connectivity index (χ0v) is 8.16. The molecule has 0 atom stereocenters. The third-order valence-corrected chi connectivity index (χ3v) is 2.06. The van der Waals surface area contributed by atoms with Crippen molar-refractivity contribution >= 4 is 11.9 Å². The Morgan fingerprint density at radius 2 is 2.21 bits per heavy atom. The fourth-order valence-corrected chi connectivity index (χ4v) is 1.33. The van der Waals surface area contributed by atoms with E-state index in [0.29, 0.717) is 25.6 Å². The molecule has 80 valence electrons. The maximum absolute atomic E-state index is 11.0. The highest BCUT2D eigenvalue weighted by molar-refractivity contribution is 5.75. The molecule has 1 aliphatic heterocycles. The number of nitrogens with one attached hydrogen (secondary N) is 1. The minimum atomic E-state index is -0.465. The Kier molecular flexibility index (Phi) is 3.70. The maximum Gasteiger partial charge on any atom is 0.317 e. The normalized spacial score (nSPS) is 16.2. The van der Waals surface area contributed by atoms with Crippen molar-refractivity contribution in [1.82, 2.24) is 10.2 Å². The van der Waals surface area contributed by atoms with Crippen LogP contribution >= 0.6 is 0 Å². The zero-order chi connectivity index (χ0) is 10.6. The van der Waals surface area contributed by atoms with Gasteiger partial charge in [0.25, 0.3) is 0 Å². The van der Waals surface area contributed by atoms with Gasteiger partial charge in [-0.2, -0.15) is 0 Å². The summed E-state index contributed by atoms with van der Waals surface area (Å²) in [5.74, 6) is -0.140. The van der Waals surface area contributed by atoms with Crippen LogP contribution in [-0.2, 0) is 9.53 Å². The summed E-state index contributed by atoms with van der Waals surface area (Å²) in [6, 6.07) is -0.0730. The van der Waals surface area contributed by atoms with E-state index in [9.17, 15) is 9.59 Å². The molecule has 1 heterocycles. The van der Waals surface area contributed by atoms with Crippen LogP contribution < -0.4 is 11.1 Å². The van der Waals surface area contributed by atoms with Gasteiger partial charge in [0.15, 0.2) is 0 Å². The molecule has 0 spiro atoms. The summed E-state index contributed by atoms with van der Waals surface area (Å²) in [5.41, 5.74) is 4.90. The Labute approximate surface area is 82.4 Å². The number of primary amides is 1. The first-order valence-electron chi connectivity index (χ1n) is 4.46. The number of amides is 3. The van der Waals surface area contributed by atoms with Gasteiger partial charge in [-0.1, -0.05) is 0 Å². The van der Waals surface area contributed by atoms with Crippen molar-refractivity contribution in [3.63, 3.8) is 0 Å². The first kappa shape index (κ1) is 10.8. The first-order valence-corrected chi connectivity index (χ1v) is 4.46. The third-order valence-electron chi connectivity index (χ3n) is 2.06. The smallest absolute Gasteiger partial charge is 0.317 e. The van der Waals surface area contributed by atoms with Crippen molar-refractivity contribution in [2.75, 3.05) is 33.4 Å². The molecule has 14 heavy (non-hydrogen) atoms. The van der Waals surface area contributed by atoms with Gasteiger partial charge in [-0.3, -0.25) is 4.79 Å². The highest BCUT2D eigenvalue weighted by Crippen LogP contribution is 2.15. The Morgan fingerprint density at radius 1 is 1.57 bits per heavy atom. The number of rotatable bonds is 4. The average molecular weight is 201 g/mol. The molecule has 1 saturated heterocycles. The molecule has 0 aromatic rings.